The van der Waals surface area contributed by atoms with Crippen LogP contribution in [0.2, 0.25) is 0 Å². The van der Waals surface area contributed by atoms with Gasteiger partial charge >= 0.3 is 0 Å². The number of carbonyl (C=O) groups excluding carboxylic acids is 1. The molecule has 1 amide bonds. The standard InChI is InChI=1S/C12H24N2OS/c1-10-6-4-5-7-14(10)11(15)8-16-9-12(2,3)13/h10H,4-9,13H2,1-3H3. The molecule has 2 N–H and O–H groups in total. The number of likely N-dealkylation sites (tertiary alicyclic amines) is 1. The van der Waals surface area contributed by atoms with Gasteiger partial charge < -0.3 is 10.6 Å². The van der Waals surface area contributed by atoms with Crippen molar-refractivity contribution in [2.24, 2.45) is 5.73 Å². The summed E-state index contributed by atoms with van der Waals surface area (Å²) in [6.07, 6.45) is 3.57. The number of hydrogen-bond acceptors (Lipinski definition) is 3. The molecule has 0 aliphatic carbocycles. The second-order valence-corrected chi connectivity index (χ2v) is 6.40. The summed E-state index contributed by atoms with van der Waals surface area (Å²) in [5.41, 5.74) is 5.70. The third-order valence-corrected chi connectivity index (χ3v) is 4.22. The molecule has 16 heavy (non-hydrogen) atoms. The van der Waals surface area contributed by atoms with Gasteiger partial charge in [-0.15, -0.1) is 0 Å². The first-order valence-electron chi connectivity index (χ1n) is 6.06. The summed E-state index contributed by atoms with van der Waals surface area (Å²) in [5.74, 6) is 1.69. The zero-order valence-corrected chi connectivity index (χ0v) is 11.5. The maximum atomic E-state index is 12.0. The first-order chi connectivity index (χ1) is 7.40. The molecule has 94 valence electrons. The summed E-state index contributed by atoms with van der Waals surface area (Å²) >= 11 is 1.65. The fraction of sp³-hybridized carbons (Fsp3) is 0.917. The maximum absolute atomic E-state index is 12.0. The summed E-state index contributed by atoms with van der Waals surface area (Å²) in [5, 5.41) is 0. The zero-order chi connectivity index (χ0) is 12.2. The first-order valence-corrected chi connectivity index (χ1v) is 7.22. The number of hydrogen-bond donors (Lipinski definition) is 1. The van der Waals surface area contributed by atoms with E-state index in [9.17, 15) is 4.79 Å². The Balaban J connectivity index is 2.29. The topological polar surface area (TPSA) is 46.3 Å². The quantitative estimate of drug-likeness (QED) is 0.821. The van der Waals surface area contributed by atoms with Gasteiger partial charge in [0.2, 0.25) is 5.91 Å². The normalized spacial score (nSPS) is 22.2. The average Bonchev–Trinajstić information content (AvgIpc) is 2.16. The lowest BCUT2D eigenvalue weighted by molar-refractivity contribution is -0.131. The van der Waals surface area contributed by atoms with Crippen molar-refractivity contribution >= 4 is 17.7 Å². The number of nitrogens with two attached hydrogens (primary N) is 1. The van der Waals surface area contributed by atoms with Gasteiger partial charge in [-0.05, 0) is 40.0 Å². The lowest BCUT2D eigenvalue weighted by atomic mass is 10.0. The molecular formula is C12H24N2OS. The average molecular weight is 244 g/mol. The van der Waals surface area contributed by atoms with Crippen molar-refractivity contribution in [2.45, 2.75) is 51.6 Å². The summed E-state index contributed by atoms with van der Waals surface area (Å²) in [6, 6.07) is 0.424. The molecule has 0 aromatic heterocycles. The number of piperidine rings is 1. The van der Waals surface area contributed by atoms with Gasteiger partial charge in [-0.1, -0.05) is 0 Å². The van der Waals surface area contributed by atoms with Crippen molar-refractivity contribution in [1.29, 1.82) is 0 Å². The minimum absolute atomic E-state index is 0.182. The van der Waals surface area contributed by atoms with Crippen LogP contribution in [0.1, 0.15) is 40.0 Å². The molecule has 1 heterocycles. The Morgan fingerprint density at radius 3 is 2.75 bits per heavy atom. The van der Waals surface area contributed by atoms with Gasteiger partial charge in [-0.2, -0.15) is 11.8 Å². The van der Waals surface area contributed by atoms with Crippen LogP contribution in [0.25, 0.3) is 0 Å². The minimum atomic E-state index is -0.182. The van der Waals surface area contributed by atoms with Gasteiger partial charge in [0.25, 0.3) is 0 Å². The zero-order valence-electron chi connectivity index (χ0n) is 10.7. The van der Waals surface area contributed by atoms with Crippen LogP contribution in [0.3, 0.4) is 0 Å². The van der Waals surface area contributed by atoms with Gasteiger partial charge in [-0.3, -0.25) is 4.79 Å². The smallest absolute Gasteiger partial charge is 0.232 e. The molecule has 0 saturated carbocycles. The third kappa shape index (κ3) is 4.74. The van der Waals surface area contributed by atoms with E-state index in [1.807, 2.05) is 18.7 Å². The lowest BCUT2D eigenvalue weighted by Gasteiger charge is -2.33. The van der Waals surface area contributed by atoms with E-state index >= 15 is 0 Å². The molecule has 3 nitrogen and oxygen atoms in total. The van der Waals surface area contributed by atoms with E-state index in [-0.39, 0.29) is 11.4 Å². The molecule has 1 aliphatic heterocycles. The van der Waals surface area contributed by atoms with Crippen molar-refractivity contribution in [3.05, 3.63) is 0 Å². The predicted octanol–water partition coefficient (Wildman–Crippen LogP) is 1.86. The molecule has 1 saturated heterocycles. The fourth-order valence-corrected chi connectivity index (χ4v) is 2.92. The van der Waals surface area contributed by atoms with Crippen LogP contribution in [0.15, 0.2) is 0 Å². The molecular weight excluding hydrogens is 220 g/mol. The Morgan fingerprint density at radius 2 is 2.19 bits per heavy atom. The first kappa shape index (κ1) is 13.8. The molecule has 0 aromatic carbocycles. The van der Waals surface area contributed by atoms with Crippen LogP contribution in [0, 0.1) is 0 Å². The maximum Gasteiger partial charge on any atom is 0.232 e. The summed E-state index contributed by atoms with van der Waals surface area (Å²) in [7, 11) is 0. The van der Waals surface area contributed by atoms with E-state index in [4.69, 9.17) is 5.73 Å². The molecule has 0 aromatic rings. The highest BCUT2D eigenvalue weighted by molar-refractivity contribution is 8.00. The third-order valence-electron chi connectivity index (χ3n) is 2.82. The van der Waals surface area contributed by atoms with Crippen LogP contribution in [0.5, 0.6) is 0 Å². The predicted molar refractivity (Wildman–Crippen MR) is 70.6 cm³/mol. The van der Waals surface area contributed by atoms with Crippen LogP contribution < -0.4 is 5.73 Å². The molecule has 0 spiro atoms. The van der Waals surface area contributed by atoms with E-state index < -0.39 is 0 Å². The summed E-state index contributed by atoms with van der Waals surface area (Å²) < 4.78 is 0. The van der Waals surface area contributed by atoms with E-state index in [0.29, 0.717) is 11.8 Å². The van der Waals surface area contributed by atoms with Gasteiger partial charge in [0, 0.05) is 23.9 Å². The highest BCUT2D eigenvalue weighted by Crippen LogP contribution is 2.18. The highest BCUT2D eigenvalue weighted by atomic mass is 32.2. The molecule has 0 radical (unpaired) electrons. The Hall–Kier alpha value is -0.220. The molecule has 1 fully saturated rings. The van der Waals surface area contributed by atoms with Gasteiger partial charge in [0.05, 0.1) is 5.75 Å². The number of thioether (sulfide) groups is 1. The highest BCUT2D eigenvalue weighted by Gasteiger charge is 2.23. The number of carbonyl (C=O) groups is 1. The second kappa shape index (κ2) is 5.92. The SMILES string of the molecule is CC1CCCCN1C(=O)CSCC(C)(C)N. The Kier molecular flexibility index (Phi) is 5.12. The minimum Gasteiger partial charge on any atom is -0.339 e. The van der Waals surface area contributed by atoms with Crippen molar-refractivity contribution in [2.75, 3.05) is 18.1 Å². The van der Waals surface area contributed by atoms with Crippen molar-refractivity contribution in [3.8, 4) is 0 Å². The number of rotatable bonds is 4. The van der Waals surface area contributed by atoms with Gasteiger partial charge in [-0.25, -0.2) is 0 Å². The Bertz CT molecular complexity index is 238. The summed E-state index contributed by atoms with van der Waals surface area (Å²) in [6.45, 7) is 7.07. The number of nitrogens with zero attached hydrogens (tertiary/aromatic N) is 1. The van der Waals surface area contributed by atoms with Gasteiger partial charge in [0.1, 0.15) is 0 Å². The van der Waals surface area contributed by atoms with Crippen LogP contribution in [-0.4, -0.2) is 40.4 Å². The molecule has 4 heteroatoms. The van der Waals surface area contributed by atoms with Crippen LogP contribution in [0.4, 0.5) is 0 Å². The van der Waals surface area contributed by atoms with Crippen LogP contribution in [-0.2, 0) is 4.79 Å². The second-order valence-electron chi connectivity index (χ2n) is 5.41. The molecule has 1 rings (SSSR count). The fourth-order valence-electron chi connectivity index (χ4n) is 1.95. The van der Waals surface area contributed by atoms with E-state index in [0.717, 1.165) is 25.1 Å². The molecule has 1 atom stereocenters. The van der Waals surface area contributed by atoms with Crippen molar-refractivity contribution in [1.82, 2.24) is 4.90 Å². The summed E-state index contributed by atoms with van der Waals surface area (Å²) in [4.78, 5) is 14.0. The molecule has 1 aliphatic rings. The van der Waals surface area contributed by atoms with Gasteiger partial charge in [0.15, 0.2) is 0 Å². The van der Waals surface area contributed by atoms with Crippen molar-refractivity contribution in [3.63, 3.8) is 0 Å². The van der Waals surface area contributed by atoms with Crippen molar-refractivity contribution < 1.29 is 4.79 Å². The Labute approximate surface area is 103 Å². The monoisotopic (exact) mass is 244 g/mol. The molecule has 1 unspecified atom stereocenters. The Morgan fingerprint density at radius 1 is 1.50 bits per heavy atom. The molecule has 0 bridgehead atoms. The number of amides is 1. The van der Waals surface area contributed by atoms with E-state index in [1.54, 1.807) is 11.8 Å². The van der Waals surface area contributed by atoms with E-state index in [2.05, 4.69) is 6.92 Å². The largest absolute Gasteiger partial charge is 0.339 e. The van der Waals surface area contributed by atoms with Crippen LogP contribution >= 0.6 is 11.8 Å². The lowest BCUT2D eigenvalue weighted by Crippen LogP contribution is -2.43. The van der Waals surface area contributed by atoms with E-state index in [1.165, 1.54) is 6.42 Å².